The third-order valence-electron chi connectivity index (χ3n) is 4.93. The molecular formula is C21H20N10O5. The Labute approximate surface area is 202 Å². The predicted octanol–water partition coefficient (Wildman–Crippen LogP) is 0.422. The lowest BCUT2D eigenvalue weighted by molar-refractivity contribution is 0.0947. The van der Waals surface area contributed by atoms with Crippen LogP contribution in [-0.4, -0.2) is 55.6 Å². The fraction of sp³-hybridized carbons (Fsp3) is 0.0952. The Morgan fingerprint density at radius 1 is 1.22 bits per heavy atom. The Kier molecular flexibility index (Phi) is 6.71. The summed E-state index contributed by atoms with van der Waals surface area (Å²) in [5.41, 5.74) is 14.6. The lowest BCUT2D eigenvalue weighted by Crippen LogP contribution is -2.22. The van der Waals surface area contributed by atoms with Crippen LogP contribution in [0, 0.1) is 0 Å². The summed E-state index contributed by atoms with van der Waals surface area (Å²) in [5.74, 6) is -1.34. The highest BCUT2D eigenvalue weighted by atomic mass is 16.6. The zero-order chi connectivity index (χ0) is 25.7. The van der Waals surface area contributed by atoms with E-state index in [4.69, 9.17) is 16.2 Å². The number of ether oxygens (including phenoxy) is 1. The molecule has 0 radical (unpaired) electrons. The fourth-order valence-electron chi connectivity index (χ4n) is 3.20. The Hall–Kier alpha value is -5.47. The zero-order valence-corrected chi connectivity index (χ0v) is 18.7. The summed E-state index contributed by atoms with van der Waals surface area (Å²) in [6.45, 7) is -0.0489. The lowest BCUT2D eigenvalue weighted by atomic mass is 10.1. The van der Waals surface area contributed by atoms with E-state index in [1.165, 1.54) is 13.3 Å². The SMILES string of the molecule is COc1cccc(C=NNC(=O)c2nnn(-c3nonc3N)c2CNc2ccccc2C(N)=O)c1O. The van der Waals surface area contributed by atoms with Crippen molar-refractivity contribution in [3.8, 4) is 17.3 Å². The fourth-order valence-corrected chi connectivity index (χ4v) is 3.20. The van der Waals surface area contributed by atoms with Gasteiger partial charge in [0.2, 0.25) is 11.6 Å². The van der Waals surface area contributed by atoms with E-state index in [9.17, 15) is 14.7 Å². The number of hydrogen-bond donors (Lipinski definition) is 5. The van der Waals surface area contributed by atoms with Gasteiger partial charge in [-0.05, 0) is 34.6 Å². The monoisotopic (exact) mass is 492 g/mol. The number of phenolic OH excluding ortho intramolecular Hbond substituents is 1. The molecule has 0 fully saturated rings. The van der Waals surface area contributed by atoms with Gasteiger partial charge in [0, 0.05) is 11.3 Å². The highest BCUT2D eigenvalue weighted by molar-refractivity contribution is 5.98. The summed E-state index contributed by atoms with van der Waals surface area (Å²) < 4.78 is 10.8. The third-order valence-corrected chi connectivity index (χ3v) is 4.93. The lowest BCUT2D eigenvalue weighted by Gasteiger charge is -2.11. The molecule has 0 aliphatic carbocycles. The highest BCUT2D eigenvalue weighted by Crippen LogP contribution is 2.28. The molecule has 7 N–H and O–H groups in total. The van der Waals surface area contributed by atoms with Gasteiger partial charge in [0.25, 0.3) is 11.8 Å². The van der Waals surface area contributed by atoms with Gasteiger partial charge < -0.3 is 26.6 Å². The first-order valence-electron chi connectivity index (χ1n) is 10.3. The molecule has 36 heavy (non-hydrogen) atoms. The summed E-state index contributed by atoms with van der Waals surface area (Å²) in [6, 6.07) is 11.4. The molecule has 2 aromatic heterocycles. The summed E-state index contributed by atoms with van der Waals surface area (Å²) in [4.78, 5) is 24.7. The van der Waals surface area contributed by atoms with Gasteiger partial charge in [-0.15, -0.1) is 5.10 Å². The summed E-state index contributed by atoms with van der Waals surface area (Å²) in [5, 5.41) is 32.1. The number of primary amides is 1. The average molecular weight is 492 g/mol. The van der Waals surface area contributed by atoms with E-state index in [0.29, 0.717) is 11.3 Å². The van der Waals surface area contributed by atoms with Crippen LogP contribution in [0.5, 0.6) is 11.5 Å². The number of amides is 2. The van der Waals surface area contributed by atoms with Gasteiger partial charge in [0.15, 0.2) is 17.2 Å². The van der Waals surface area contributed by atoms with E-state index >= 15 is 0 Å². The number of rotatable bonds is 9. The number of benzene rings is 2. The van der Waals surface area contributed by atoms with Crippen molar-refractivity contribution in [1.82, 2.24) is 30.7 Å². The van der Waals surface area contributed by atoms with Crippen molar-refractivity contribution in [3.63, 3.8) is 0 Å². The minimum atomic E-state index is -0.727. The molecule has 0 aliphatic rings. The van der Waals surface area contributed by atoms with Gasteiger partial charge in [0.1, 0.15) is 0 Å². The van der Waals surface area contributed by atoms with Crippen LogP contribution in [0.25, 0.3) is 5.82 Å². The summed E-state index contributed by atoms with van der Waals surface area (Å²) in [7, 11) is 1.41. The van der Waals surface area contributed by atoms with Crippen LogP contribution in [0.15, 0.2) is 52.2 Å². The molecule has 0 bridgehead atoms. The number of aromatic hydroxyl groups is 1. The molecule has 15 nitrogen and oxygen atoms in total. The van der Waals surface area contributed by atoms with Crippen LogP contribution in [0.4, 0.5) is 11.5 Å². The van der Waals surface area contributed by atoms with E-state index in [2.05, 4.69) is 41.1 Å². The molecule has 2 aromatic carbocycles. The normalized spacial score (nSPS) is 10.9. The number of nitrogens with zero attached hydrogens (tertiary/aromatic N) is 6. The Morgan fingerprint density at radius 2 is 2.03 bits per heavy atom. The van der Waals surface area contributed by atoms with Gasteiger partial charge in [0.05, 0.1) is 31.1 Å². The number of methoxy groups -OCH3 is 1. The van der Waals surface area contributed by atoms with Crippen LogP contribution >= 0.6 is 0 Å². The van der Waals surface area contributed by atoms with Crippen molar-refractivity contribution in [1.29, 1.82) is 0 Å². The van der Waals surface area contributed by atoms with Gasteiger partial charge in [-0.1, -0.05) is 23.4 Å². The number of para-hydroxylation sites is 2. The van der Waals surface area contributed by atoms with Crippen LogP contribution in [0.3, 0.4) is 0 Å². The Morgan fingerprint density at radius 3 is 2.75 bits per heavy atom. The summed E-state index contributed by atoms with van der Waals surface area (Å²) >= 11 is 0. The number of nitrogens with two attached hydrogens (primary N) is 2. The number of hydrogen-bond acceptors (Lipinski definition) is 12. The van der Waals surface area contributed by atoms with Gasteiger partial charge in [-0.2, -0.15) is 9.78 Å². The van der Waals surface area contributed by atoms with Crippen molar-refractivity contribution in [3.05, 3.63) is 65.0 Å². The topological polar surface area (TPSA) is 222 Å². The number of hydrazone groups is 1. The minimum absolute atomic E-state index is 0.00587. The van der Waals surface area contributed by atoms with Crippen LogP contribution in [-0.2, 0) is 6.54 Å². The molecule has 0 aliphatic heterocycles. The van der Waals surface area contributed by atoms with E-state index in [1.807, 2.05) is 0 Å². The Balaban J connectivity index is 1.61. The van der Waals surface area contributed by atoms with E-state index in [1.54, 1.807) is 42.5 Å². The molecule has 2 heterocycles. The summed E-state index contributed by atoms with van der Waals surface area (Å²) in [6.07, 6.45) is 1.24. The number of carbonyl (C=O) groups excluding carboxylic acids is 2. The molecule has 2 amide bonds. The largest absolute Gasteiger partial charge is 0.504 e. The second kappa shape index (κ2) is 10.2. The molecule has 4 aromatic rings. The van der Waals surface area contributed by atoms with Crippen molar-refractivity contribution >= 4 is 29.5 Å². The van der Waals surface area contributed by atoms with Crippen molar-refractivity contribution < 1.29 is 24.1 Å². The van der Waals surface area contributed by atoms with E-state index in [0.717, 1.165) is 4.68 Å². The van der Waals surface area contributed by atoms with E-state index in [-0.39, 0.29) is 46.6 Å². The van der Waals surface area contributed by atoms with Crippen LogP contribution in [0.2, 0.25) is 0 Å². The second-order valence-corrected chi connectivity index (χ2v) is 7.13. The second-order valence-electron chi connectivity index (χ2n) is 7.13. The number of aromatic nitrogens is 5. The minimum Gasteiger partial charge on any atom is -0.504 e. The van der Waals surface area contributed by atoms with Crippen LogP contribution in [0.1, 0.15) is 32.1 Å². The Bertz CT molecular complexity index is 1440. The molecule has 184 valence electrons. The number of nitrogen functional groups attached to an aromatic ring is 1. The maximum atomic E-state index is 12.9. The number of anilines is 2. The van der Waals surface area contributed by atoms with E-state index < -0.39 is 11.8 Å². The molecule has 0 saturated heterocycles. The number of phenols is 1. The first-order valence-corrected chi connectivity index (χ1v) is 10.3. The maximum absolute atomic E-state index is 12.9. The highest BCUT2D eigenvalue weighted by Gasteiger charge is 2.24. The van der Waals surface area contributed by atoms with Gasteiger partial charge in [-0.25, -0.2) is 10.1 Å². The third kappa shape index (κ3) is 4.74. The number of nitrogens with one attached hydrogen (secondary N) is 2. The average Bonchev–Trinajstić information content (AvgIpc) is 3.49. The van der Waals surface area contributed by atoms with Crippen molar-refractivity contribution in [2.75, 3.05) is 18.2 Å². The first-order chi connectivity index (χ1) is 17.4. The standard InChI is InChI=1S/C21H20N10O5/c1-35-15-8-4-5-11(17(15)32)9-25-27-21(34)16-14(31(30-26-16)20-18(22)28-36-29-20)10-24-13-7-3-2-6-12(13)19(23)33/h2-9,24,32H,10H2,1H3,(H2,22,28)(H2,23,33)(H,27,34). The van der Waals surface area contributed by atoms with Gasteiger partial charge in [-0.3, -0.25) is 9.59 Å². The van der Waals surface area contributed by atoms with Gasteiger partial charge >= 0.3 is 0 Å². The van der Waals surface area contributed by atoms with Crippen molar-refractivity contribution in [2.45, 2.75) is 6.54 Å². The predicted molar refractivity (Wildman–Crippen MR) is 126 cm³/mol. The quantitative estimate of drug-likeness (QED) is 0.159. The maximum Gasteiger partial charge on any atom is 0.293 e. The molecule has 0 saturated carbocycles. The van der Waals surface area contributed by atoms with Crippen molar-refractivity contribution in [2.24, 2.45) is 10.8 Å². The molecule has 0 unspecified atom stereocenters. The molecule has 15 heteroatoms. The van der Waals surface area contributed by atoms with Crippen LogP contribution < -0.4 is 26.9 Å². The smallest absolute Gasteiger partial charge is 0.293 e. The molecule has 0 atom stereocenters. The molecule has 0 spiro atoms. The zero-order valence-electron chi connectivity index (χ0n) is 18.7. The molecular weight excluding hydrogens is 472 g/mol. The first kappa shape index (κ1) is 23.7. The number of carbonyl (C=O) groups is 2. The molecule has 4 rings (SSSR count).